The number of esters is 1. The van der Waals surface area contributed by atoms with Gasteiger partial charge in [0.2, 0.25) is 5.82 Å². The van der Waals surface area contributed by atoms with Crippen LogP contribution in [0.25, 0.3) is 33.1 Å². The lowest BCUT2D eigenvalue weighted by Gasteiger charge is -2.23. The topological polar surface area (TPSA) is 93.2 Å². The molecule has 0 unspecified atom stereocenters. The molecule has 0 fully saturated rings. The third-order valence-electron chi connectivity index (χ3n) is 6.31. The third kappa shape index (κ3) is 4.00. The molecule has 0 spiro atoms. The molecule has 1 N–H and O–H groups in total. The van der Waals surface area contributed by atoms with E-state index in [2.05, 4.69) is 49.1 Å². The predicted octanol–water partition coefficient (Wildman–Crippen LogP) is 5.06. The third-order valence-corrected chi connectivity index (χ3v) is 6.31. The second-order valence-corrected chi connectivity index (χ2v) is 8.76. The van der Waals surface area contributed by atoms with Crippen molar-refractivity contribution in [2.75, 3.05) is 24.7 Å². The van der Waals surface area contributed by atoms with E-state index in [1.165, 1.54) is 0 Å². The number of nitrogens with zero attached hydrogens (tertiary/aromatic N) is 4. The van der Waals surface area contributed by atoms with Crippen LogP contribution in [0.1, 0.15) is 28.9 Å². The highest BCUT2D eigenvalue weighted by molar-refractivity contribution is 5.94. The molecule has 0 saturated carbocycles. The molecule has 8 nitrogen and oxygen atoms in total. The number of aromatic nitrogens is 4. The summed E-state index contributed by atoms with van der Waals surface area (Å²) < 4.78 is 11.3. The molecule has 8 heteroatoms. The molecule has 6 rings (SSSR count). The lowest BCUT2D eigenvalue weighted by molar-refractivity contribution is 0.0512. The molecule has 1 aliphatic rings. The van der Waals surface area contributed by atoms with Gasteiger partial charge >= 0.3 is 5.97 Å². The van der Waals surface area contributed by atoms with Crippen molar-refractivity contribution >= 4 is 33.7 Å². The number of aryl methyl sites for hydroxylation is 1. The number of ether oxygens (including phenoxy) is 2. The van der Waals surface area contributed by atoms with E-state index in [9.17, 15) is 4.79 Å². The minimum atomic E-state index is -0.525. The Hall–Kier alpha value is -4.46. The van der Waals surface area contributed by atoms with E-state index in [0.29, 0.717) is 31.0 Å². The Morgan fingerprint density at radius 3 is 2.75 bits per heavy atom. The summed E-state index contributed by atoms with van der Waals surface area (Å²) in [6.07, 6.45) is 0. The Labute approximate surface area is 207 Å². The van der Waals surface area contributed by atoms with Gasteiger partial charge in [0.25, 0.3) is 0 Å². The average molecular weight is 480 g/mol. The Morgan fingerprint density at radius 2 is 1.86 bits per heavy atom. The number of carbonyl (C=O) groups is 1. The maximum Gasteiger partial charge on any atom is 0.376 e. The minimum absolute atomic E-state index is 0.0628. The predicted molar refractivity (Wildman–Crippen MR) is 138 cm³/mol. The van der Waals surface area contributed by atoms with Crippen molar-refractivity contribution in [3.8, 4) is 16.9 Å². The van der Waals surface area contributed by atoms with Gasteiger partial charge in [-0.15, -0.1) is 0 Å². The molecule has 2 aromatic heterocycles. The fourth-order valence-corrected chi connectivity index (χ4v) is 4.66. The van der Waals surface area contributed by atoms with Gasteiger partial charge in [-0.1, -0.05) is 24.3 Å². The molecule has 0 amide bonds. The molecule has 0 saturated heterocycles. The monoisotopic (exact) mass is 479 g/mol. The van der Waals surface area contributed by atoms with E-state index in [0.717, 1.165) is 44.7 Å². The van der Waals surface area contributed by atoms with Gasteiger partial charge in [0.15, 0.2) is 0 Å². The van der Waals surface area contributed by atoms with Crippen LogP contribution in [0.4, 0.5) is 5.82 Å². The summed E-state index contributed by atoms with van der Waals surface area (Å²) in [5.74, 6) is 1.98. The number of nitrogens with one attached hydrogen (secondary N) is 1. The normalized spacial score (nSPS) is 13.3. The molecule has 0 bridgehead atoms. The van der Waals surface area contributed by atoms with Crippen molar-refractivity contribution in [3.63, 3.8) is 0 Å². The molecule has 180 valence electrons. The lowest BCUT2D eigenvalue weighted by Crippen LogP contribution is -2.27. The van der Waals surface area contributed by atoms with Crippen LogP contribution in [0.3, 0.4) is 0 Å². The molecular weight excluding hydrogens is 454 g/mol. The number of para-hydroxylation sites is 1. The summed E-state index contributed by atoms with van der Waals surface area (Å²) >= 11 is 0. The maximum atomic E-state index is 12.5. The van der Waals surface area contributed by atoms with E-state index < -0.39 is 5.97 Å². The Bertz CT molecular complexity index is 1610. The molecule has 0 radical (unpaired) electrons. The number of hydrogen-bond donors (Lipinski definition) is 1. The van der Waals surface area contributed by atoms with Crippen LogP contribution in [0, 0.1) is 6.92 Å². The van der Waals surface area contributed by atoms with Gasteiger partial charge in [-0.25, -0.2) is 19.7 Å². The van der Waals surface area contributed by atoms with Crippen LogP contribution in [0.2, 0.25) is 0 Å². The minimum Gasteiger partial charge on any atom is -0.491 e. The van der Waals surface area contributed by atoms with E-state index in [1.807, 2.05) is 43.3 Å². The van der Waals surface area contributed by atoms with Crippen LogP contribution in [0.15, 0.2) is 60.7 Å². The van der Waals surface area contributed by atoms with Crippen LogP contribution >= 0.6 is 0 Å². The summed E-state index contributed by atoms with van der Waals surface area (Å²) in [6, 6.07) is 20.2. The smallest absolute Gasteiger partial charge is 0.376 e. The Kier molecular flexibility index (Phi) is 5.48. The molecule has 3 heterocycles. The molecule has 3 aromatic carbocycles. The summed E-state index contributed by atoms with van der Waals surface area (Å²) in [6.45, 7) is 5.69. The first-order valence-electron chi connectivity index (χ1n) is 12.0. The number of fused-ring (bicyclic) bond motifs is 3. The zero-order chi connectivity index (χ0) is 24.6. The molecular formula is C28H25N5O3. The van der Waals surface area contributed by atoms with Crippen molar-refractivity contribution in [2.45, 2.75) is 20.4 Å². The van der Waals surface area contributed by atoms with Crippen molar-refractivity contribution in [1.82, 2.24) is 19.9 Å². The zero-order valence-corrected chi connectivity index (χ0v) is 20.1. The van der Waals surface area contributed by atoms with Crippen LogP contribution in [-0.2, 0) is 11.3 Å². The van der Waals surface area contributed by atoms with Crippen LogP contribution < -0.4 is 9.64 Å². The first-order valence-corrected chi connectivity index (χ1v) is 12.0. The quantitative estimate of drug-likeness (QED) is 0.360. The molecule has 0 atom stereocenters. The fraction of sp³-hybridized carbons (Fsp3) is 0.214. The fourth-order valence-electron chi connectivity index (χ4n) is 4.66. The largest absolute Gasteiger partial charge is 0.491 e. The van der Waals surface area contributed by atoms with E-state index in [4.69, 9.17) is 9.47 Å². The molecule has 5 aromatic rings. The van der Waals surface area contributed by atoms with E-state index in [1.54, 1.807) is 6.92 Å². The van der Waals surface area contributed by atoms with E-state index >= 15 is 0 Å². The van der Waals surface area contributed by atoms with Gasteiger partial charge in [-0.2, -0.15) is 0 Å². The first kappa shape index (κ1) is 22.0. The summed E-state index contributed by atoms with van der Waals surface area (Å²) in [5, 5.41) is 0.880. The number of imidazole rings is 1. The maximum absolute atomic E-state index is 12.5. The standard InChI is InChI=1S/C28H25N5O3/c1-3-35-28(34)26-31-22-7-5-4-6-21(22)27(32-26)33-12-13-36-25-11-9-18(14-20(25)16-33)19-8-10-23-24(15-19)30-17(2)29-23/h4-11,14-15H,3,12-13,16H2,1-2H3,(H,29,30). The summed E-state index contributed by atoms with van der Waals surface area (Å²) in [4.78, 5) is 31.5. The molecule has 0 aliphatic carbocycles. The summed E-state index contributed by atoms with van der Waals surface area (Å²) in [7, 11) is 0. The van der Waals surface area contributed by atoms with Gasteiger partial charge in [0.1, 0.15) is 24.0 Å². The highest BCUT2D eigenvalue weighted by Gasteiger charge is 2.22. The van der Waals surface area contributed by atoms with Crippen LogP contribution in [0.5, 0.6) is 5.75 Å². The Balaban J connectivity index is 1.40. The second-order valence-electron chi connectivity index (χ2n) is 8.76. The number of carbonyl (C=O) groups excluding carboxylic acids is 1. The molecule has 1 aliphatic heterocycles. The highest BCUT2D eigenvalue weighted by atomic mass is 16.5. The highest BCUT2D eigenvalue weighted by Crippen LogP contribution is 2.33. The average Bonchev–Trinajstić information content (AvgIpc) is 3.13. The number of rotatable bonds is 4. The number of hydrogen-bond acceptors (Lipinski definition) is 7. The Morgan fingerprint density at radius 1 is 1.03 bits per heavy atom. The summed E-state index contributed by atoms with van der Waals surface area (Å²) in [5.41, 5.74) is 5.90. The lowest BCUT2D eigenvalue weighted by atomic mass is 10.0. The number of anilines is 1. The van der Waals surface area contributed by atoms with Gasteiger partial charge in [-0.3, -0.25) is 0 Å². The SMILES string of the molecule is CCOC(=O)c1nc(N2CCOc3ccc(-c4ccc5nc(C)[nH]c5c4)cc3C2)c2ccccc2n1. The first-order chi connectivity index (χ1) is 17.6. The van der Waals surface area contributed by atoms with Gasteiger partial charge < -0.3 is 19.4 Å². The zero-order valence-electron chi connectivity index (χ0n) is 20.1. The number of aromatic amines is 1. The van der Waals surface area contributed by atoms with Crippen molar-refractivity contribution in [2.24, 2.45) is 0 Å². The van der Waals surface area contributed by atoms with Crippen molar-refractivity contribution < 1.29 is 14.3 Å². The van der Waals surface area contributed by atoms with Gasteiger partial charge in [0, 0.05) is 17.5 Å². The van der Waals surface area contributed by atoms with Gasteiger partial charge in [0.05, 0.1) is 29.7 Å². The number of benzene rings is 3. The van der Waals surface area contributed by atoms with Crippen molar-refractivity contribution in [3.05, 3.63) is 77.9 Å². The second kappa shape index (κ2) is 8.96. The van der Waals surface area contributed by atoms with E-state index in [-0.39, 0.29) is 12.4 Å². The van der Waals surface area contributed by atoms with Crippen LogP contribution in [-0.4, -0.2) is 45.7 Å². The number of H-pyrrole nitrogens is 1. The van der Waals surface area contributed by atoms with Crippen molar-refractivity contribution in [1.29, 1.82) is 0 Å². The molecule has 36 heavy (non-hydrogen) atoms. The van der Waals surface area contributed by atoms with Gasteiger partial charge in [-0.05, 0) is 61.4 Å².